The lowest BCUT2D eigenvalue weighted by atomic mass is 10.1. The van der Waals surface area contributed by atoms with Crippen LogP contribution in [-0.4, -0.2) is 30.2 Å². The van der Waals surface area contributed by atoms with Crippen molar-refractivity contribution in [3.8, 4) is 0 Å². The average molecular weight is 260 g/mol. The summed E-state index contributed by atoms with van der Waals surface area (Å²) in [6, 6.07) is 10.4. The zero-order valence-electron chi connectivity index (χ0n) is 11.5. The minimum absolute atomic E-state index is 0.196. The summed E-state index contributed by atoms with van der Waals surface area (Å²) in [6.45, 7) is 1.73. The zero-order chi connectivity index (χ0) is 13.5. The summed E-state index contributed by atoms with van der Waals surface area (Å²) in [7, 11) is 2.12. The maximum absolute atomic E-state index is 12.0. The maximum Gasteiger partial charge on any atom is 0.0894 e. The highest BCUT2D eigenvalue weighted by Crippen LogP contribution is 2.17. The molecule has 0 aliphatic heterocycles. The van der Waals surface area contributed by atoms with Crippen molar-refractivity contribution in [1.82, 2.24) is 9.88 Å². The van der Waals surface area contributed by atoms with Gasteiger partial charge in [0.25, 0.3) is 0 Å². The van der Waals surface area contributed by atoms with Crippen molar-refractivity contribution >= 4 is 10.9 Å². The van der Waals surface area contributed by atoms with Crippen LogP contribution in [0.15, 0.2) is 36.5 Å². The topological polar surface area (TPSA) is 16.1 Å². The van der Waals surface area contributed by atoms with Crippen molar-refractivity contribution in [2.75, 3.05) is 20.3 Å². The van der Waals surface area contributed by atoms with Crippen molar-refractivity contribution in [1.29, 1.82) is 0 Å². The van der Waals surface area contributed by atoms with E-state index in [0.717, 1.165) is 31.4 Å². The van der Waals surface area contributed by atoms with Gasteiger partial charge < -0.3 is 4.90 Å². The summed E-state index contributed by atoms with van der Waals surface area (Å²) < 4.78 is 12.0. The van der Waals surface area contributed by atoms with Gasteiger partial charge in [-0.15, -0.1) is 0 Å². The van der Waals surface area contributed by atoms with Crippen LogP contribution in [0.2, 0.25) is 0 Å². The second kappa shape index (κ2) is 7.19. The number of alkyl halides is 1. The Balaban J connectivity index is 1.97. The summed E-state index contributed by atoms with van der Waals surface area (Å²) in [5, 5.41) is 1.22. The molecule has 19 heavy (non-hydrogen) atoms. The molecule has 2 nitrogen and oxygen atoms in total. The number of nitrogens with zero attached hydrogens (tertiary/aromatic N) is 2. The van der Waals surface area contributed by atoms with Crippen LogP contribution in [0, 0.1) is 0 Å². The molecule has 1 aromatic carbocycles. The smallest absolute Gasteiger partial charge is 0.0894 e. The minimum Gasteiger partial charge on any atom is -0.302 e. The third-order valence-corrected chi connectivity index (χ3v) is 3.35. The van der Waals surface area contributed by atoms with Crippen molar-refractivity contribution in [2.45, 2.75) is 25.8 Å². The largest absolute Gasteiger partial charge is 0.302 e. The van der Waals surface area contributed by atoms with Crippen LogP contribution in [0.4, 0.5) is 4.39 Å². The molecule has 0 unspecified atom stereocenters. The summed E-state index contributed by atoms with van der Waals surface area (Å²) in [5.74, 6) is 0. The van der Waals surface area contributed by atoms with Crippen LogP contribution in [-0.2, 0) is 6.54 Å². The van der Waals surface area contributed by atoms with Crippen LogP contribution in [0.25, 0.3) is 10.9 Å². The van der Waals surface area contributed by atoms with Crippen molar-refractivity contribution in [3.05, 3.63) is 42.1 Å². The Morgan fingerprint density at radius 3 is 2.84 bits per heavy atom. The van der Waals surface area contributed by atoms with Crippen molar-refractivity contribution in [3.63, 3.8) is 0 Å². The highest BCUT2D eigenvalue weighted by molar-refractivity contribution is 5.81. The number of hydrogen-bond acceptors (Lipinski definition) is 2. The van der Waals surface area contributed by atoms with E-state index in [2.05, 4.69) is 35.1 Å². The average Bonchev–Trinajstić information content (AvgIpc) is 2.44. The maximum atomic E-state index is 12.0. The van der Waals surface area contributed by atoms with E-state index >= 15 is 0 Å². The Morgan fingerprint density at radius 1 is 1.11 bits per heavy atom. The first-order valence-corrected chi connectivity index (χ1v) is 6.88. The van der Waals surface area contributed by atoms with Crippen LogP contribution >= 0.6 is 0 Å². The van der Waals surface area contributed by atoms with E-state index < -0.39 is 0 Å². The quantitative estimate of drug-likeness (QED) is 0.704. The number of fused-ring (bicyclic) bond motifs is 1. The minimum atomic E-state index is -0.196. The standard InChI is InChI=1S/C16H21FN2/c1-19(12-4-2-3-10-17)13-14-7-5-9-16-15(14)8-6-11-18-16/h5-9,11H,2-4,10,12-13H2,1H3. The molecule has 3 heteroatoms. The molecule has 2 rings (SSSR count). The molecule has 1 heterocycles. The van der Waals surface area contributed by atoms with E-state index in [4.69, 9.17) is 0 Å². The summed E-state index contributed by atoms with van der Waals surface area (Å²) in [4.78, 5) is 6.67. The van der Waals surface area contributed by atoms with Gasteiger partial charge in [0, 0.05) is 18.1 Å². The molecule has 0 spiro atoms. The van der Waals surface area contributed by atoms with Crippen LogP contribution in [0.5, 0.6) is 0 Å². The lowest BCUT2D eigenvalue weighted by Crippen LogP contribution is -2.19. The Labute approximate surface area is 114 Å². The summed E-state index contributed by atoms with van der Waals surface area (Å²) >= 11 is 0. The fourth-order valence-electron chi connectivity index (χ4n) is 2.33. The fourth-order valence-corrected chi connectivity index (χ4v) is 2.33. The van der Waals surface area contributed by atoms with Gasteiger partial charge in [-0.2, -0.15) is 0 Å². The number of halogens is 1. The molecule has 2 aromatic rings. The number of unbranched alkanes of at least 4 members (excludes halogenated alkanes) is 2. The number of aromatic nitrogens is 1. The Morgan fingerprint density at radius 2 is 2.00 bits per heavy atom. The molecule has 0 radical (unpaired) electrons. The molecule has 0 bridgehead atoms. The first-order chi connectivity index (χ1) is 9.31. The normalized spacial score (nSPS) is 11.3. The van der Waals surface area contributed by atoms with Gasteiger partial charge in [-0.05, 0) is 50.6 Å². The molecule has 0 fully saturated rings. The summed E-state index contributed by atoms with van der Waals surface area (Å²) in [6.07, 6.45) is 4.54. The first-order valence-electron chi connectivity index (χ1n) is 6.88. The van der Waals surface area contributed by atoms with E-state index in [1.54, 1.807) is 0 Å². The number of pyridine rings is 1. The van der Waals surface area contributed by atoms with E-state index in [9.17, 15) is 4.39 Å². The second-order valence-corrected chi connectivity index (χ2v) is 4.97. The molecular weight excluding hydrogens is 239 g/mol. The number of rotatable bonds is 7. The molecule has 1 aromatic heterocycles. The molecule has 0 amide bonds. The van der Waals surface area contributed by atoms with Crippen LogP contribution in [0.1, 0.15) is 24.8 Å². The Kier molecular flexibility index (Phi) is 5.28. The molecule has 0 aliphatic rings. The number of benzene rings is 1. The Hall–Kier alpha value is -1.48. The summed E-state index contributed by atoms with van der Waals surface area (Å²) in [5.41, 5.74) is 2.35. The monoisotopic (exact) mass is 260 g/mol. The highest BCUT2D eigenvalue weighted by Gasteiger charge is 2.04. The van der Waals surface area contributed by atoms with Gasteiger partial charge >= 0.3 is 0 Å². The molecule has 0 atom stereocenters. The molecule has 0 saturated carbocycles. The third-order valence-electron chi connectivity index (χ3n) is 3.35. The van der Waals surface area contributed by atoms with Gasteiger partial charge in [0.05, 0.1) is 12.2 Å². The van der Waals surface area contributed by atoms with Crippen LogP contribution < -0.4 is 0 Å². The van der Waals surface area contributed by atoms with Gasteiger partial charge in [0.1, 0.15) is 0 Å². The van der Waals surface area contributed by atoms with E-state index in [1.807, 2.05) is 18.3 Å². The highest BCUT2D eigenvalue weighted by atomic mass is 19.1. The first kappa shape index (κ1) is 13.9. The molecule has 0 aliphatic carbocycles. The van der Waals surface area contributed by atoms with Gasteiger partial charge in [0.2, 0.25) is 0 Å². The number of hydrogen-bond donors (Lipinski definition) is 0. The molecule has 0 saturated heterocycles. The van der Waals surface area contributed by atoms with Crippen molar-refractivity contribution in [2.24, 2.45) is 0 Å². The molecule has 0 N–H and O–H groups in total. The molecule has 102 valence electrons. The van der Waals surface area contributed by atoms with E-state index in [1.165, 1.54) is 10.9 Å². The van der Waals surface area contributed by atoms with Crippen molar-refractivity contribution < 1.29 is 4.39 Å². The predicted molar refractivity (Wildman–Crippen MR) is 77.9 cm³/mol. The van der Waals surface area contributed by atoms with Gasteiger partial charge in [0.15, 0.2) is 0 Å². The van der Waals surface area contributed by atoms with E-state index in [-0.39, 0.29) is 6.67 Å². The Bertz CT molecular complexity index is 508. The zero-order valence-corrected chi connectivity index (χ0v) is 11.5. The van der Waals surface area contributed by atoms with Gasteiger partial charge in [-0.1, -0.05) is 18.2 Å². The fraction of sp³-hybridized carbons (Fsp3) is 0.438. The molecular formula is C16H21FN2. The van der Waals surface area contributed by atoms with Gasteiger partial charge in [-0.25, -0.2) is 0 Å². The van der Waals surface area contributed by atoms with Crippen LogP contribution in [0.3, 0.4) is 0 Å². The van der Waals surface area contributed by atoms with E-state index in [0.29, 0.717) is 6.42 Å². The lowest BCUT2D eigenvalue weighted by Gasteiger charge is -2.17. The van der Waals surface area contributed by atoms with Gasteiger partial charge in [-0.3, -0.25) is 9.37 Å². The SMILES string of the molecule is CN(CCCCCF)Cc1cccc2ncccc12. The predicted octanol–water partition coefficient (Wildman–Crippen LogP) is 3.81. The second-order valence-electron chi connectivity index (χ2n) is 4.97. The third kappa shape index (κ3) is 4.00. The lowest BCUT2D eigenvalue weighted by molar-refractivity contribution is 0.314.